The summed E-state index contributed by atoms with van der Waals surface area (Å²) in [7, 11) is 0. The van der Waals surface area contributed by atoms with Crippen LogP contribution < -0.4 is 10.6 Å². The van der Waals surface area contributed by atoms with Gasteiger partial charge in [-0.1, -0.05) is 23.7 Å². The average molecular weight is 414 g/mol. The number of nitrogens with zero attached hydrogens (tertiary/aromatic N) is 3. The van der Waals surface area contributed by atoms with Crippen LogP contribution in [0, 0.1) is 0 Å². The molecular weight excluding hydrogens is 390 g/mol. The van der Waals surface area contributed by atoms with Crippen LogP contribution in [0.25, 0.3) is 0 Å². The number of aromatic nitrogens is 1. The maximum atomic E-state index is 12.7. The highest BCUT2D eigenvalue weighted by molar-refractivity contribution is 6.30. The number of anilines is 2. The second-order valence-corrected chi connectivity index (χ2v) is 7.84. The number of pyridine rings is 1. The molecular formula is C21H24ClN5O2. The summed E-state index contributed by atoms with van der Waals surface area (Å²) in [6.45, 7) is 3.83. The lowest BCUT2D eigenvalue weighted by Gasteiger charge is -2.42. The molecule has 7 nitrogen and oxygen atoms in total. The number of rotatable bonds is 4. The van der Waals surface area contributed by atoms with Gasteiger partial charge < -0.3 is 20.4 Å². The summed E-state index contributed by atoms with van der Waals surface area (Å²) in [5, 5.41) is 6.12. The zero-order valence-corrected chi connectivity index (χ0v) is 16.9. The van der Waals surface area contributed by atoms with E-state index >= 15 is 0 Å². The number of hydrogen-bond acceptors (Lipinski definition) is 4. The third kappa shape index (κ3) is 4.68. The second-order valence-electron chi connectivity index (χ2n) is 7.40. The summed E-state index contributed by atoms with van der Waals surface area (Å²) in [5.74, 6) is 0.0563. The van der Waals surface area contributed by atoms with Crippen molar-refractivity contribution in [1.29, 1.82) is 0 Å². The van der Waals surface area contributed by atoms with E-state index in [-0.39, 0.29) is 11.9 Å². The number of urea groups is 1. The van der Waals surface area contributed by atoms with Gasteiger partial charge in [0, 0.05) is 25.3 Å². The van der Waals surface area contributed by atoms with E-state index in [1.165, 1.54) is 25.7 Å². The summed E-state index contributed by atoms with van der Waals surface area (Å²) < 4.78 is 0. The van der Waals surface area contributed by atoms with Gasteiger partial charge in [-0.3, -0.25) is 4.79 Å². The molecule has 1 aromatic heterocycles. The Kier molecular flexibility index (Phi) is 5.97. The van der Waals surface area contributed by atoms with Crippen LogP contribution in [0.5, 0.6) is 0 Å². The van der Waals surface area contributed by atoms with Crippen LogP contribution in [-0.4, -0.2) is 58.9 Å². The SMILES string of the molecule is O=C(Nc1ccc(Cl)cn1)c1ccccc1NC(=O)N1CCC(N2CCC2)CC1. The van der Waals surface area contributed by atoms with E-state index in [4.69, 9.17) is 11.6 Å². The molecule has 152 valence electrons. The molecule has 0 radical (unpaired) electrons. The Morgan fingerprint density at radius 2 is 1.76 bits per heavy atom. The molecule has 2 saturated heterocycles. The number of carbonyl (C=O) groups is 2. The van der Waals surface area contributed by atoms with Gasteiger partial charge in [0.15, 0.2) is 0 Å². The Morgan fingerprint density at radius 1 is 1.00 bits per heavy atom. The number of nitrogens with one attached hydrogen (secondary N) is 2. The molecule has 2 fully saturated rings. The van der Waals surface area contributed by atoms with Crippen LogP contribution in [0.3, 0.4) is 0 Å². The minimum absolute atomic E-state index is 0.170. The van der Waals surface area contributed by atoms with Crippen LogP contribution in [0.2, 0.25) is 5.02 Å². The lowest BCUT2D eigenvalue weighted by molar-refractivity contribution is 0.0734. The zero-order valence-electron chi connectivity index (χ0n) is 16.1. The molecule has 4 rings (SSSR count). The smallest absolute Gasteiger partial charge is 0.321 e. The normalized spacial score (nSPS) is 17.5. The molecule has 2 aliphatic heterocycles. The second kappa shape index (κ2) is 8.80. The largest absolute Gasteiger partial charge is 0.324 e. The van der Waals surface area contributed by atoms with E-state index in [2.05, 4.69) is 20.5 Å². The monoisotopic (exact) mass is 413 g/mol. The number of para-hydroxylation sites is 1. The summed E-state index contributed by atoms with van der Waals surface area (Å²) in [4.78, 5) is 33.8. The van der Waals surface area contributed by atoms with Gasteiger partial charge >= 0.3 is 6.03 Å². The first kappa shape index (κ1) is 19.7. The van der Waals surface area contributed by atoms with Gasteiger partial charge in [0.1, 0.15) is 5.82 Å². The first-order valence-electron chi connectivity index (χ1n) is 9.92. The molecule has 3 amide bonds. The van der Waals surface area contributed by atoms with E-state index in [0.717, 1.165) is 25.9 Å². The van der Waals surface area contributed by atoms with Gasteiger partial charge in [-0.05, 0) is 56.6 Å². The molecule has 0 unspecified atom stereocenters. The van der Waals surface area contributed by atoms with Crippen LogP contribution in [0.1, 0.15) is 29.6 Å². The standard InChI is InChI=1S/C21H24ClN5O2/c22-15-6-7-19(23-14-15)25-20(28)17-4-1-2-5-18(17)24-21(29)27-12-8-16(9-13-27)26-10-3-11-26/h1-2,4-7,14,16H,3,8-13H2,(H,24,29)(H,23,25,28). The topological polar surface area (TPSA) is 77.6 Å². The van der Waals surface area contributed by atoms with Crippen molar-refractivity contribution in [2.75, 3.05) is 36.8 Å². The van der Waals surface area contributed by atoms with E-state index in [1.807, 2.05) is 4.90 Å². The van der Waals surface area contributed by atoms with Gasteiger partial charge in [0.2, 0.25) is 0 Å². The van der Waals surface area contributed by atoms with Crippen molar-refractivity contribution in [3.8, 4) is 0 Å². The third-order valence-electron chi connectivity index (χ3n) is 5.54. The Balaban J connectivity index is 1.38. The highest BCUT2D eigenvalue weighted by Gasteiger charge is 2.29. The summed E-state index contributed by atoms with van der Waals surface area (Å²) >= 11 is 5.83. The average Bonchev–Trinajstić information content (AvgIpc) is 2.69. The number of amides is 3. The van der Waals surface area contributed by atoms with E-state index in [1.54, 1.807) is 36.4 Å². The van der Waals surface area contributed by atoms with Crippen molar-refractivity contribution >= 4 is 35.0 Å². The summed E-state index contributed by atoms with van der Waals surface area (Å²) in [5.41, 5.74) is 0.863. The predicted octanol–water partition coefficient (Wildman–Crippen LogP) is 3.69. The van der Waals surface area contributed by atoms with Gasteiger partial charge in [-0.15, -0.1) is 0 Å². The van der Waals surface area contributed by atoms with Gasteiger partial charge in [-0.25, -0.2) is 9.78 Å². The fraction of sp³-hybridized carbons (Fsp3) is 0.381. The Morgan fingerprint density at radius 3 is 2.41 bits per heavy atom. The van der Waals surface area contributed by atoms with Crippen molar-refractivity contribution < 1.29 is 9.59 Å². The van der Waals surface area contributed by atoms with Gasteiger partial charge in [0.05, 0.1) is 16.3 Å². The maximum absolute atomic E-state index is 12.7. The molecule has 1 aromatic carbocycles. The van der Waals surface area contributed by atoms with Crippen molar-refractivity contribution in [2.45, 2.75) is 25.3 Å². The highest BCUT2D eigenvalue weighted by Crippen LogP contribution is 2.23. The van der Waals surface area contributed by atoms with Crippen LogP contribution in [-0.2, 0) is 0 Å². The maximum Gasteiger partial charge on any atom is 0.321 e. The molecule has 0 saturated carbocycles. The first-order valence-corrected chi connectivity index (χ1v) is 10.3. The van der Waals surface area contributed by atoms with Crippen LogP contribution in [0.4, 0.5) is 16.3 Å². The third-order valence-corrected chi connectivity index (χ3v) is 5.76. The molecule has 29 heavy (non-hydrogen) atoms. The van der Waals surface area contributed by atoms with E-state index in [9.17, 15) is 9.59 Å². The lowest BCUT2D eigenvalue weighted by Crippen LogP contribution is -2.52. The van der Waals surface area contributed by atoms with Gasteiger partial charge in [0.25, 0.3) is 5.91 Å². The minimum atomic E-state index is -0.341. The molecule has 3 heterocycles. The number of carbonyl (C=O) groups excluding carboxylic acids is 2. The number of likely N-dealkylation sites (tertiary alicyclic amines) is 2. The number of hydrogen-bond donors (Lipinski definition) is 2. The van der Waals surface area contributed by atoms with E-state index in [0.29, 0.717) is 28.1 Å². The molecule has 8 heteroatoms. The number of halogens is 1. The molecule has 0 aliphatic carbocycles. The molecule has 0 bridgehead atoms. The van der Waals surface area contributed by atoms with Gasteiger partial charge in [-0.2, -0.15) is 0 Å². The van der Waals surface area contributed by atoms with E-state index < -0.39 is 0 Å². The highest BCUT2D eigenvalue weighted by atomic mass is 35.5. The zero-order chi connectivity index (χ0) is 20.2. The minimum Gasteiger partial charge on any atom is -0.324 e. The lowest BCUT2D eigenvalue weighted by atomic mass is 10.00. The Hall–Kier alpha value is -2.64. The van der Waals surface area contributed by atoms with Crippen LogP contribution >= 0.6 is 11.6 Å². The van der Waals surface area contributed by atoms with Crippen molar-refractivity contribution in [2.24, 2.45) is 0 Å². The fourth-order valence-electron chi connectivity index (χ4n) is 3.76. The molecule has 2 N–H and O–H groups in total. The fourth-order valence-corrected chi connectivity index (χ4v) is 3.87. The van der Waals surface area contributed by atoms with Crippen molar-refractivity contribution in [3.63, 3.8) is 0 Å². The van der Waals surface area contributed by atoms with Crippen molar-refractivity contribution in [1.82, 2.24) is 14.8 Å². The van der Waals surface area contributed by atoms with Crippen molar-refractivity contribution in [3.05, 3.63) is 53.2 Å². The Labute approximate surface area is 175 Å². The molecule has 0 spiro atoms. The van der Waals surface area contributed by atoms with Crippen LogP contribution in [0.15, 0.2) is 42.6 Å². The summed E-state index contributed by atoms with van der Waals surface area (Å²) in [6, 6.07) is 10.7. The molecule has 0 atom stereocenters. The first-order chi connectivity index (χ1) is 14.1. The molecule has 2 aromatic rings. The summed E-state index contributed by atoms with van der Waals surface area (Å²) in [6.07, 6.45) is 4.75. The number of piperidine rings is 1. The Bertz CT molecular complexity index is 877. The quantitative estimate of drug-likeness (QED) is 0.801. The number of benzene rings is 1. The molecule has 2 aliphatic rings. The predicted molar refractivity (Wildman–Crippen MR) is 113 cm³/mol.